The highest BCUT2D eigenvalue weighted by molar-refractivity contribution is 5.20. The molecule has 1 fully saturated rings. The lowest BCUT2D eigenvalue weighted by Crippen LogP contribution is -2.35. The standard InChI is InChI=1S/C13H21N3O3/c1-9(7-15-5-3-4-6-15)8-16-12(18)10(2)11(17)14-13(16)19/h9,18H,3-8H2,1-2H3,(H,14,17,19). The first kappa shape index (κ1) is 13.9. The van der Waals surface area contributed by atoms with E-state index in [1.807, 2.05) is 6.92 Å². The fourth-order valence-corrected chi connectivity index (χ4v) is 2.60. The molecule has 106 valence electrons. The van der Waals surface area contributed by atoms with Crippen molar-refractivity contribution in [2.24, 2.45) is 5.92 Å². The van der Waals surface area contributed by atoms with Crippen LogP contribution < -0.4 is 11.2 Å². The Kier molecular flexibility index (Phi) is 4.09. The van der Waals surface area contributed by atoms with Crippen LogP contribution in [0.3, 0.4) is 0 Å². The maximum atomic E-state index is 11.7. The molecule has 0 aliphatic carbocycles. The van der Waals surface area contributed by atoms with Crippen molar-refractivity contribution in [1.29, 1.82) is 0 Å². The maximum absolute atomic E-state index is 11.7. The number of rotatable bonds is 4. The van der Waals surface area contributed by atoms with Gasteiger partial charge in [0.15, 0.2) is 0 Å². The topological polar surface area (TPSA) is 78.3 Å². The average molecular weight is 267 g/mol. The van der Waals surface area contributed by atoms with Gasteiger partial charge in [-0.05, 0) is 38.8 Å². The smallest absolute Gasteiger partial charge is 0.331 e. The zero-order valence-electron chi connectivity index (χ0n) is 11.5. The van der Waals surface area contributed by atoms with Crippen molar-refractivity contribution >= 4 is 0 Å². The minimum Gasteiger partial charge on any atom is -0.494 e. The summed E-state index contributed by atoms with van der Waals surface area (Å²) in [5, 5.41) is 9.90. The van der Waals surface area contributed by atoms with Crippen molar-refractivity contribution in [2.75, 3.05) is 19.6 Å². The van der Waals surface area contributed by atoms with Crippen molar-refractivity contribution in [3.8, 4) is 5.88 Å². The third-order valence-electron chi connectivity index (χ3n) is 3.66. The SMILES string of the molecule is Cc1c(O)n(CC(C)CN2CCCC2)c(=O)[nH]c1=O. The molecule has 19 heavy (non-hydrogen) atoms. The van der Waals surface area contributed by atoms with Gasteiger partial charge in [0.1, 0.15) is 0 Å². The lowest BCUT2D eigenvalue weighted by atomic mass is 10.1. The Morgan fingerprint density at radius 1 is 1.26 bits per heavy atom. The quantitative estimate of drug-likeness (QED) is 0.821. The number of aromatic nitrogens is 2. The van der Waals surface area contributed by atoms with E-state index in [9.17, 15) is 14.7 Å². The molecule has 1 saturated heterocycles. The van der Waals surface area contributed by atoms with Gasteiger partial charge in [-0.15, -0.1) is 0 Å². The zero-order valence-corrected chi connectivity index (χ0v) is 11.5. The second-order valence-corrected chi connectivity index (χ2v) is 5.43. The van der Waals surface area contributed by atoms with Crippen LogP contribution in [0.2, 0.25) is 0 Å². The molecule has 2 rings (SSSR count). The average Bonchev–Trinajstić information content (AvgIpc) is 2.85. The Balaban J connectivity index is 2.12. The molecule has 2 N–H and O–H groups in total. The molecule has 1 aliphatic rings. The van der Waals surface area contributed by atoms with Crippen LogP contribution in [0, 0.1) is 12.8 Å². The summed E-state index contributed by atoms with van der Waals surface area (Å²) in [6, 6.07) is 0. The molecule has 0 saturated carbocycles. The van der Waals surface area contributed by atoms with E-state index < -0.39 is 11.2 Å². The highest BCUT2D eigenvalue weighted by Gasteiger charge is 2.17. The number of aromatic amines is 1. The molecule has 1 unspecified atom stereocenters. The van der Waals surface area contributed by atoms with Crippen molar-refractivity contribution in [2.45, 2.75) is 33.2 Å². The summed E-state index contributed by atoms with van der Waals surface area (Å²) >= 11 is 0. The Hall–Kier alpha value is -1.56. The number of hydrogen-bond acceptors (Lipinski definition) is 4. The van der Waals surface area contributed by atoms with Gasteiger partial charge >= 0.3 is 5.69 Å². The third-order valence-corrected chi connectivity index (χ3v) is 3.66. The number of nitrogens with one attached hydrogen (secondary N) is 1. The van der Waals surface area contributed by atoms with E-state index in [-0.39, 0.29) is 17.4 Å². The molecule has 2 heterocycles. The van der Waals surface area contributed by atoms with E-state index in [1.54, 1.807) is 0 Å². The molecule has 1 aromatic heterocycles. The van der Waals surface area contributed by atoms with Gasteiger partial charge in [-0.3, -0.25) is 14.3 Å². The molecule has 1 aliphatic heterocycles. The number of H-pyrrole nitrogens is 1. The summed E-state index contributed by atoms with van der Waals surface area (Å²) < 4.78 is 1.25. The lowest BCUT2D eigenvalue weighted by molar-refractivity contribution is 0.261. The third kappa shape index (κ3) is 3.07. The van der Waals surface area contributed by atoms with E-state index in [0.29, 0.717) is 6.54 Å². The number of aromatic hydroxyl groups is 1. The van der Waals surface area contributed by atoms with Crippen molar-refractivity contribution < 1.29 is 5.11 Å². The summed E-state index contributed by atoms with van der Waals surface area (Å²) in [4.78, 5) is 27.7. The Bertz CT molecular complexity index is 555. The summed E-state index contributed by atoms with van der Waals surface area (Å²) in [6.45, 7) is 7.09. The largest absolute Gasteiger partial charge is 0.494 e. The highest BCUT2D eigenvalue weighted by atomic mass is 16.3. The van der Waals surface area contributed by atoms with E-state index in [0.717, 1.165) is 19.6 Å². The highest BCUT2D eigenvalue weighted by Crippen LogP contribution is 2.14. The molecule has 0 bridgehead atoms. The van der Waals surface area contributed by atoms with Crippen molar-refractivity contribution in [1.82, 2.24) is 14.5 Å². The van der Waals surface area contributed by atoms with Crippen molar-refractivity contribution in [3.63, 3.8) is 0 Å². The van der Waals surface area contributed by atoms with Crippen LogP contribution in [0.1, 0.15) is 25.3 Å². The van der Waals surface area contributed by atoms with Crippen LogP contribution in [-0.2, 0) is 6.54 Å². The Morgan fingerprint density at radius 3 is 2.53 bits per heavy atom. The van der Waals surface area contributed by atoms with Gasteiger partial charge in [0, 0.05) is 13.1 Å². The minimum atomic E-state index is -0.540. The van der Waals surface area contributed by atoms with E-state index in [4.69, 9.17) is 0 Å². The fraction of sp³-hybridized carbons (Fsp3) is 0.692. The molecular formula is C13H21N3O3. The van der Waals surface area contributed by atoms with Gasteiger partial charge in [-0.25, -0.2) is 4.79 Å². The maximum Gasteiger partial charge on any atom is 0.331 e. The molecule has 1 aromatic rings. The first-order valence-electron chi connectivity index (χ1n) is 6.74. The second kappa shape index (κ2) is 5.61. The lowest BCUT2D eigenvalue weighted by Gasteiger charge is -2.21. The Labute approximate surface area is 111 Å². The molecule has 6 heteroatoms. The van der Waals surface area contributed by atoms with Gasteiger partial charge in [-0.2, -0.15) is 0 Å². The second-order valence-electron chi connectivity index (χ2n) is 5.43. The van der Waals surface area contributed by atoms with E-state index in [2.05, 4.69) is 9.88 Å². The molecule has 0 aromatic carbocycles. The van der Waals surface area contributed by atoms with Gasteiger partial charge in [0.25, 0.3) is 5.56 Å². The van der Waals surface area contributed by atoms with Crippen LogP contribution >= 0.6 is 0 Å². The predicted octanol–water partition coefficient (Wildman–Crippen LogP) is 0.283. The number of hydrogen-bond donors (Lipinski definition) is 2. The van der Waals surface area contributed by atoms with Crippen LogP contribution in [0.15, 0.2) is 9.59 Å². The van der Waals surface area contributed by atoms with Gasteiger partial charge in [-0.1, -0.05) is 6.92 Å². The van der Waals surface area contributed by atoms with Crippen LogP contribution in [0.4, 0.5) is 0 Å². The first-order chi connectivity index (χ1) is 8.99. The molecule has 0 amide bonds. The van der Waals surface area contributed by atoms with Crippen molar-refractivity contribution in [3.05, 3.63) is 26.4 Å². The van der Waals surface area contributed by atoms with Crippen LogP contribution in [0.5, 0.6) is 5.88 Å². The van der Waals surface area contributed by atoms with Crippen LogP contribution in [-0.4, -0.2) is 39.2 Å². The summed E-state index contributed by atoms with van der Waals surface area (Å²) in [5.41, 5.74) is -0.875. The molecule has 0 radical (unpaired) electrons. The Morgan fingerprint density at radius 2 is 1.89 bits per heavy atom. The number of nitrogens with zero attached hydrogens (tertiary/aromatic N) is 2. The predicted molar refractivity (Wildman–Crippen MR) is 72.6 cm³/mol. The number of likely N-dealkylation sites (tertiary alicyclic amines) is 1. The normalized spacial score (nSPS) is 17.8. The molecule has 0 spiro atoms. The van der Waals surface area contributed by atoms with E-state index >= 15 is 0 Å². The fourth-order valence-electron chi connectivity index (χ4n) is 2.60. The minimum absolute atomic E-state index is 0.188. The van der Waals surface area contributed by atoms with Gasteiger partial charge in [0.05, 0.1) is 5.56 Å². The molecular weight excluding hydrogens is 246 g/mol. The summed E-state index contributed by atoms with van der Waals surface area (Å²) in [6.07, 6.45) is 2.46. The summed E-state index contributed by atoms with van der Waals surface area (Å²) in [7, 11) is 0. The zero-order chi connectivity index (χ0) is 14.0. The summed E-state index contributed by atoms with van der Waals surface area (Å²) in [5.74, 6) is 0.0222. The van der Waals surface area contributed by atoms with Gasteiger partial charge < -0.3 is 10.0 Å². The van der Waals surface area contributed by atoms with E-state index in [1.165, 1.54) is 24.3 Å². The van der Waals surface area contributed by atoms with Crippen LogP contribution in [0.25, 0.3) is 0 Å². The molecule has 6 nitrogen and oxygen atoms in total. The monoisotopic (exact) mass is 267 g/mol. The molecule has 1 atom stereocenters. The van der Waals surface area contributed by atoms with Gasteiger partial charge in [0.2, 0.25) is 5.88 Å². The first-order valence-corrected chi connectivity index (χ1v) is 6.74.